The van der Waals surface area contributed by atoms with Crippen LogP contribution < -0.4 is 14.9 Å². The molecule has 8 nitrogen and oxygen atoms in total. The van der Waals surface area contributed by atoms with Gasteiger partial charge < -0.3 is 23.8 Å². The number of rotatable bonds is 4. The molecule has 3 aromatic rings. The van der Waals surface area contributed by atoms with Gasteiger partial charge in [0.1, 0.15) is 17.5 Å². The van der Waals surface area contributed by atoms with Crippen molar-refractivity contribution in [2.24, 2.45) is 0 Å². The Labute approximate surface area is 191 Å². The van der Waals surface area contributed by atoms with Gasteiger partial charge in [0.25, 0.3) is 5.91 Å². The van der Waals surface area contributed by atoms with Gasteiger partial charge in [0.05, 0.1) is 12.6 Å². The van der Waals surface area contributed by atoms with Crippen LogP contribution in [-0.4, -0.2) is 33.6 Å². The molecule has 6 rings (SSSR count). The lowest BCUT2D eigenvalue weighted by atomic mass is 10.0. The average molecular weight is 444 g/mol. The van der Waals surface area contributed by atoms with E-state index in [-0.39, 0.29) is 24.8 Å². The van der Waals surface area contributed by atoms with Crippen molar-refractivity contribution in [1.82, 2.24) is 20.3 Å². The average Bonchev–Trinajstić information content (AvgIpc) is 3.54. The van der Waals surface area contributed by atoms with Crippen LogP contribution in [0, 0.1) is 13.8 Å². The van der Waals surface area contributed by atoms with Crippen molar-refractivity contribution in [3.05, 3.63) is 77.4 Å². The lowest BCUT2D eigenvalue weighted by molar-refractivity contribution is -0.135. The van der Waals surface area contributed by atoms with Crippen LogP contribution in [-0.2, 0) is 11.3 Å². The molecule has 33 heavy (non-hydrogen) atoms. The molecule has 0 saturated carbocycles. The Morgan fingerprint density at radius 2 is 1.94 bits per heavy atom. The van der Waals surface area contributed by atoms with E-state index < -0.39 is 0 Å². The number of ether oxygens (including phenoxy) is 2. The second-order valence-electron chi connectivity index (χ2n) is 8.55. The second kappa shape index (κ2) is 7.67. The summed E-state index contributed by atoms with van der Waals surface area (Å²) in [5.74, 6) is 2.84. The summed E-state index contributed by atoms with van der Waals surface area (Å²) in [5.41, 5.74) is 7.32. The molecule has 0 bridgehead atoms. The summed E-state index contributed by atoms with van der Waals surface area (Å²) in [6.45, 7) is 4.54. The summed E-state index contributed by atoms with van der Waals surface area (Å²) < 4.78 is 16.9. The zero-order valence-corrected chi connectivity index (χ0v) is 18.4. The molecule has 1 aromatic heterocycles. The zero-order valence-electron chi connectivity index (χ0n) is 18.4. The predicted octanol–water partition coefficient (Wildman–Crippen LogP) is 3.82. The first-order valence-corrected chi connectivity index (χ1v) is 11.0. The van der Waals surface area contributed by atoms with E-state index in [2.05, 4.69) is 5.43 Å². The van der Waals surface area contributed by atoms with E-state index in [0.29, 0.717) is 18.9 Å². The molecule has 4 heterocycles. The molecule has 1 amide bonds. The molecule has 0 spiro atoms. The molecule has 3 aliphatic heterocycles. The third-order valence-electron chi connectivity index (χ3n) is 6.46. The molecular formula is C25H24N4O4. The summed E-state index contributed by atoms with van der Waals surface area (Å²) in [5, 5.41) is 1.89. The molecule has 168 valence electrons. The molecule has 2 atom stereocenters. The van der Waals surface area contributed by atoms with Gasteiger partial charge in [0.2, 0.25) is 12.7 Å². The number of fused-ring (bicyclic) bond motifs is 2. The third kappa shape index (κ3) is 3.43. The summed E-state index contributed by atoms with van der Waals surface area (Å²) in [6.07, 6.45) is 4.37. The number of benzene rings is 2. The van der Waals surface area contributed by atoms with Crippen molar-refractivity contribution in [2.75, 3.05) is 6.79 Å². The number of aryl methyl sites for hydroxylation is 2. The molecule has 2 aromatic carbocycles. The molecule has 3 aliphatic rings. The van der Waals surface area contributed by atoms with Crippen molar-refractivity contribution in [1.29, 1.82) is 0 Å². The van der Waals surface area contributed by atoms with E-state index in [4.69, 9.17) is 18.9 Å². The number of hydrazine groups is 1. The van der Waals surface area contributed by atoms with Crippen LogP contribution in [0.15, 0.2) is 59.3 Å². The fourth-order valence-electron chi connectivity index (χ4n) is 4.58. The van der Waals surface area contributed by atoms with Gasteiger partial charge in [-0.1, -0.05) is 24.3 Å². The lowest BCUT2D eigenvalue weighted by Crippen LogP contribution is -2.47. The highest BCUT2D eigenvalue weighted by Crippen LogP contribution is 2.38. The van der Waals surface area contributed by atoms with Crippen LogP contribution in [0.2, 0.25) is 0 Å². The number of aromatic nitrogens is 1. The number of hydrogen-bond acceptors (Lipinski definition) is 7. The summed E-state index contributed by atoms with van der Waals surface area (Å²) in [6, 6.07) is 13.6. The fraction of sp³-hybridized carbons (Fsp3) is 0.280. The lowest BCUT2D eigenvalue weighted by Gasteiger charge is -2.31. The highest BCUT2D eigenvalue weighted by atomic mass is 16.7. The van der Waals surface area contributed by atoms with Crippen LogP contribution in [0.4, 0.5) is 0 Å². The van der Waals surface area contributed by atoms with E-state index in [1.165, 1.54) is 0 Å². The minimum atomic E-state index is -0.284. The summed E-state index contributed by atoms with van der Waals surface area (Å²) in [7, 11) is 0. The molecule has 1 fully saturated rings. The maximum Gasteiger partial charge on any atom is 0.251 e. The van der Waals surface area contributed by atoms with Crippen LogP contribution >= 0.6 is 0 Å². The first-order chi connectivity index (χ1) is 16.1. The van der Waals surface area contributed by atoms with Gasteiger partial charge in [-0.3, -0.25) is 4.79 Å². The molecular weight excluding hydrogens is 420 g/mol. The number of amides is 1. The van der Waals surface area contributed by atoms with Crippen LogP contribution in [0.1, 0.15) is 35.0 Å². The zero-order chi connectivity index (χ0) is 22.5. The van der Waals surface area contributed by atoms with Crippen LogP contribution in [0.25, 0.3) is 11.5 Å². The number of oxazole rings is 1. The highest BCUT2D eigenvalue weighted by molar-refractivity contribution is 5.84. The smallest absolute Gasteiger partial charge is 0.251 e. The van der Waals surface area contributed by atoms with Crippen molar-refractivity contribution >= 4 is 5.91 Å². The van der Waals surface area contributed by atoms with Gasteiger partial charge in [0.15, 0.2) is 11.5 Å². The van der Waals surface area contributed by atoms with E-state index in [1.54, 1.807) is 11.1 Å². The Balaban J connectivity index is 1.19. The van der Waals surface area contributed by atoms with Crippen molar-refractivity contribution in [2.45, 2.75) is 38.9 Å². The van der Waals surface area contributed by atoms with Crippen LogP contribution in [0.3, 0.4) is 0 Å². The number of hydrogen-bond donors (Lipinski definition) is 1. The third-order valence-corrected chi connectivity index (χ3v) is 6.46. The molecule has 1 saturated heterocycles. The van der Waals surface area contributed by atoms with Crippen molar-refractivity contribution < 1.29 is 18.7 Å². The standard InChI is InChI=1S/C25H24N4O4/c1-15-5-3-4-6-18(15)24-26-20(16(2)33-24)13-28-9-10-29-21(25(28)30)12-19(27-29)17-7-8-22-23(11-17)32-14-31-22/h3-11,19,21,27H,12-14H2,1-2H3. The van der Waals surface area contributed by atoms with Crippen molar-refractivity contribution in [3.63, 3.8) is 0 Å². The SMILES string of the molecule is Cc1ccccc1-c1nc(CN2C=CN3NC(c4ccc5c(c4)OCO5)CC3C2=O)c(C)o1. The quantitative estimate of drug-likeness (QED) is 0.655. The minimum absolute atomic E-state index is 0.0134. The monoisotopic (exact) mass is 444 g/mol. The summed E-state index contributed by atoms with van der Waals surface area (Å²) >= 11 is 0. The molecule has 1 N–H and O–H groups in total. The first kappa shape index (κ1) is 19.9. The number of carbonyl (C=O) groups excluding carboxylic acids is 1. The topological polar surface area (TPSA) is 80.1 Å². The Bertz CT molecular complexity index is 1270. The predicted molar refractivity (Wildman–Crippen MR) is 120 cm³/mol. The van der Waals surface area contributed by atoms with E-state index in [1.807, 2.05) is 67.5 Å². The van der Waals surface area contributed by atoms with Gasteiger partial charge in [-0.05, 0) is 49.6 Å². The maximum atomic E-state index is 13.3. The first-order valence-electron chi connectivity index (χ1n) is 11.0. The highest BCUT2D eigenvalue weighted by Gasteiger charge is 2.40. The molecule has 8 heteroatoms. The van der Waals surface area contributed by atoms with Crippen LogP contribution in [0.5, 0.6) is 11.5 Å². The second-order valence-corrected chi connectivity index (χ2v) is 8.55. The van der Waals surface area contributed by atoms with E-state index in [0.717, 1.165) is 39.6 Å². The molecule has 2 unspecified atom stereocenters. The molecule has 0 radical (unpaired) electrons. The normalized spacial score (nSPS) is 21.1. The Morgan fingerprint density at radius 3 is 2.82 bits per heavy atom. The largest absolute Gasteiger partial charge is 0.454 e. The fourth-order valence-corrected chi connectivity index (χ4v) is 4.58. The minimum Gasteiger partial charge on any atom is -0.454 e. The number of nitrogens with one attached hydrogen (secondary N) is 1. The maximum absolute atomic E-state index is 13.3. The Hall–Kier alpha value is -3.78. The number of nitrogens with zero attached hydrogens (tertiary/aromatic N) is 3. The van der Waals surface area contributed by atoms with E-state index in [9.17, 15) is 4.79 Å². The van der Waals surface area contributed by atoms with Gasteiger partial charge >= 0.3 is 0 Å². The van der Waals surface area contributed by atoms with Gasteiger partial charge in [-0.25, -0.2) is 10.4 Å². The van der Waals surface area contributed by atoms with Crippen molar-refractivity contribution in [3.8, 4) is 23.0 Å². The Kier molecular flexibility index (Phi) is 4.62. The number of carbonyl (C=O) groups is 1. The van der Waals surface area contributed by atoms with E-state index >= 15 is 0 Å². The Morgan fingerprint density at radius 1 is 1.09 bits per heavy atom. The summed E-state index contributed by atoms with van der Waals surface area (Å²) in [4.78, 5) is 19.7. The van der Waals surface area contributed by atoms with Gasteiger partial charge in [-0.15, -0.1) is 0 Å². The van der Waals surface area contributed by atoms with Gasteiger partial charge in [0, 0.05) is 18.0 Å². The molecule has 0 aliphatic carbocycles. The van der Waals surface area contributed by atoms with Gasteiger partial charge in [-0.2, -0.15) is 0 Å².